The number of benzene rings is 1. The number of hydrogen-bond acceptors (Lipinski definition) is 5. The van der Waals surface area contributed by atoms with Gasteiger partial charge in [-0.1, -0.05) is 12.1 Å². The third-order valence-electron chi connectivity index (χ3n) is 5.99. The highest BCUT2D eigenvalue weighted by Crippen LogP contribution is 2.42. The summed E-state index contributed by atoms with van der Waals surface area (Å²) >= 11 is 3.46. The van der Waals surface area contributed by atoms with E-state index in [-0.39, 0.29) is 29.8 Å². The first kappa shape index (κ1) is 16.8. The number of para-hydroxylation sites is 1. The van der Waals surface area contributed by atoms with Crippen LogP contribution in [-0.4, -0.2) is 42.2 Å². The number of rotatable bonds is 3. The number of carbonyl (C=O) groups is 1. The third-order valence-corrected chi connectivity index (χ3v) is 6.64. The molecule has 3 fully saturated rings. The van der Waals surface area contributed by atoms with Crippen LogP contribution in [0.25, 0.3) is 0 Å². The number of halogens is 1. The van der Waals surface area contributed by atoms with Crippen LogP contribution >= 0.6 is 15.9 Å². The van der Waals surface area contributed by atoms with Gasteiger partial charge in [0.25, 0.3) is 0 Å². The summed E-state index contributed by atoms with van der Waals surface area (Å²) in [7, 11) is 0. The zero-order valence-corrected chi connectivity index (χ0v) is 16.1. The van der Waals surface area contributed by atoms with Gasteiger partial charge in [-0.25, -0.2) is 0 Å². The molecule has 1 aromatic carbocycles. The molecule has 0 amide bonds. The molecule has 1 aromatic rings. The molecule has 1 saturated heterocycles. The van der Waals surface area contributed by atoms with Crippen molar-refractivity contribution in [3.63, 3.8) is 0 Å². The van der Waals surface area contributed by atoms with Gasteiger partial charge in [-0.15, -0.1) is 0 Å². The van der Waals surface area contributed by atoms with E-state index in [0.29, 0.717) is 17.6 Å². The summed E-state index contributed by atoms with van der Waals surface area (Å²) in [5.74, 6) is 1.10. The number of hydrogen-bond donors (Lipinski definition) is 0. The van der Waals surface area contributed by atoms with Crippen LogP contribution < -0.4 is 4.74 Å². The number of ether oxygens (including phenoxy) is 3. The molecule has 4 unspecified atom stereocenters. The topological polar surface area (TPSA) is 48.0 Å². The second-order valence-corrected chi connectivity index (χ2v) is 8.52. The smallest absolute Gasteiger partial charge is 0.208 e. The first-order valence-electron chi connectivity index (χ1n) is 9.38. The highest BCUT2D eigenvalue weighted by atomic mass is 79.9. The van der Waals surface area contributed by atoms with Gasteiger partial charge in [0, 0.05) is 18.5 Å². The Morgan fingerprint density at radius 3 is 2.81 bits per heavy atom. The number of allylic oxidation sites excluding steroid dienone is 1. The quantitative estimate of drug-likeness (QED) is 0.750. The molecule has 2 saturated carbocycles. The minimum Gasteiger partial charge on any atom is -0.493 e. The molecule has 26 heavy (non-hydrogen) atoms. The van der Waals surface area contributed by atoms with Crippen molar-refractivity contribution >= 4 is 21.7 Å². The third kappa shape index (κ3) is 2.98. The lowest BCUT2D eigenvalue weighted by Crippen LogP contribution is -2.57. The second kappa shape index (κ2) is 6.66. The van der Waals surface area contributed by atoms with Crippen LogP contribution in [0.15, 0.2) is 40.8 Å². The van der Waals surface area contributed by atoms with Crippen LogP contribution in [0.1, 0.15) is 25.7 Å². The molecule has 0 radical (unpaired) electrons. The van der Waals surface area contributed by atoms with E-state index < -0.39 is 0 Å². The van der Waals surface area contributed by atoms with Crippen LogP contribution in [0, 0.1) is 11.8 Å². The standard InChI is InChI=1S/C20H22BrNO4/c21-15-3-1-2-4-17(15)26-18-10-24-20-13(19(18)23)7-8-16-14(20)9-22(11-25-16)12-5-6-12/h1-4,10,12-14,16,20H,5-9,11H2. The molecule has 4 aliphatic rings. The Kier molecular flexibility index (Phi) is 4.30. The summed E-state index contributed by atoms with van der Waals surface area (Å²) in [5.41, 5.74) is 0. The van der Waals surface area contributed by atoms with Gasteiger partial charge < -0.3 is 14.2 Å². The molecule has 2 aliphatic carbocycles. The molecule has 0 bridgehead atoms. The van der Waals surface area contributed by atoms with Crippen LogP contribution in [0.2, 0.25) is 0 Å². The van der Waals surface area contributed by atoms with E-state index in [2.05, 4.69) is 20.8 Å². The van der Waals surface area contributed by atoms with E-state index in [1.165, 1.54) is 19.1 Å². The van der Waals surface area contributed by atoms with Gasteiger partial charge in [-0.2, -0.15) is 0 Å². The Hall–Kier alpha value is -1.37. The molecular formula is C20H22BrNO4. The van der Waals surface area contributed by atoms with Crippen LogP contribution in [-0.2, 0) is 14.3 Å². The Morgan fingerprint density at radius 1 is 1.15 bits per heavy atom. The maximum atomic E-state index is 13.0. The first-order valence-corrected chi connectivity index (χ1v) is 10.2. The van der Waals surface area contributed by atoms with E-state index in [9.17, 15) is 4.79 Å². The normalized spacial score (nSPS) is 34.3. The van der Waals surface area contributed by atoms with Crippen molar-refractivity contribution in [1.82, 2.24) is 4.90 Å². The zero-order chi connectivity index (χ0) is 17.7. The summed E-state index contributed by atoms with van der Waals surface area (Å²) in [4.78, 5) is 15.4. The van der Waals surface area contributed by atoms with Gasteiger partial charge in [-0.3, -0.25) is 9.69 Å². The lowest BCUT2D eigenvalue weighted by molar-refractivity contribution is -0.174. The Labute approximate surface area is 161 Å². The molecule has 2 aliphatic heterocycles. The fourth-order valence-corrected chi connectivity index (χ4v) is 4.81. The highest BCUT2D eigenvalue weighted by molar-refractivity contribution is 9.10. The van der Waals surface area contributed by atoms with Crippen LogP contribution in [0.5, 0.6) is 5.75 Å². The summed E-state index contributed by atoms with van der Waals surface area (Å²) < 4.78 is 18.8. The number of Topliss-reactive ketones (excluding diaryl/α,β-unsaturated/α-hetero) is 1. The van der Waals surface area contributed by atoms with E-state index in [1.54, 1.807) is 0 Å². The van der Waals surface area contributed by atoms with E-state index in [0.717, 1.165) is 30.6 Å². The van der Waals surface area contributed by atoms with Gasteiger partial charge in [-0.05, 0) is 53.7 Å². The summed E-state index contributed by atoms with van der Waals surface area (Å²) in [6.45, 7) is 1.70. The molecule has 0 aromatic heterocycles. The monoisotopic (exact) mass is 419 g/mol. The predicted molar refractivity (Wildman–Crippen MR) is 98.4 cm³/mol. The van der Waals surface area contributed by atoms with Crippen molar-refractivity contribution in [2.24, 2.45) is 11.8 Å². The molecule has 5 nitrogen and oxygen atoms in total. The molecule has 4 atom stereocenters. The molecule has 138 valence electrons. The molecule has 0 N–H and O–H groups in total. The number of fused-ring (bicyclic) bond motifs is 3. The van der Waals surface area contributed by atoms with Crippen molar-refractivity contribution < 1.29 is 19.0 Å². The summed E-state index contributed by atoms with van der Waals surface area (Å²) in [6.07, 6.45) is 5.86. The van der Waals surface area contributed by atoms with Crippen molar-refractivity contribution in [1.29, 1.82) is 0 Å². The first-order chi connectivity index (χ1) is 12.7. The Morgan fingerprint density at radius 2 is 2.00 bits per heavy atom. The molecule has 0 spiro atoms. The summed E-state index contributed by atoms with van der Waals surface area (Å²) in [6, 6.07) is 8.19. The van der Waals surface area contributed by atoms with E-state index in [4.69, 9.17) is 14.2 Å². The average molecular weight is 420 g/mol. The second-order valence-electron chi connectivity index (χ2n) is 7.66. The lowest BCUT2D eigenvalue weighted by atomic mass is 9.73. The van der Waals surface area contributed by atoms with Crippen LogP contribution in [0.4, 0.5) is 0 Å². The summed E-state index contributed by atoms with van der Waals surface area (Å²) in [5, 5.41) is 0. The Balaban J connectivity index is 1.35. The fourth-order valence-electron chi connectivity index (χ4n) is 4.45. The SMILES string of the molecule is O=C1C(Oc2ccccc2Br)=COC2C1CCC1OCN(C3CC3)CC12. The molecular weight excluding hydrogens is 398 g/mol. The van der Waals surface area contributed by atoms with E-state index >= 15 is 0 Å². The van der Waals surface area contributed by atoms with Gasteiger partial charge in [0.15, 0.2) is 0 Å². The average Bonchev–Trinajstić information content (AvgIpc) is 3.50. The van der Waals surface area contributed by atoms with Gasteiger partial charge in [0.1, 0.15) is 18.1 Å². The maximum absolute atomic E-state index is 13.0. The van der Waals surface area contributed by atoms with Gasteiger partial charge in [0.05, 0.1) is 23.2 Å². The largest absolute Gasteiger partial charge is 0.493 e. The zero-order valence-electron chi connectivity index (χ0n) is 14.5. The minimum atomic E-state index is -0.138. The lowest BCUT2D eigenvalue weighted by Gasteiger charge is -2.48. The molecule has 2 heterocycles. The van der Waals surface area contributed by atoms with Crippen molar-refractivity contribution in [3.8, 4) is 5.75 Å². The van der Waals surface area contributed by atoms with Crippen molar-refractivity contribution in [2.45, 2.75) is 43.9 Å². The van der Waals surface area contributed by atoms with Crippen molar-refractivity contribution in [3.05, 3.63) is 40.8 Å². The maximum Gasteiger partial charge on any atom is 0.208 e. The minimum absolute atomic E-state index is 0.0546. The number of nitrogens with zero attached hydrogens (tertiary/aromatic N) is 1. The number of ketones is 1. The molecule has 6 heteroatoms. The van der Waals surface area contributed by atoms with E-state index in [1.807, 2.05) is 24.3 Å². The fraction of sp³-hybridized carbons (Fsp3) is 0.550. The van der Waals surface area contributed by atoms with Gasteiger partial charge >= 0.3 is 0 Å². The Bertz CT molecular complexity index is 747. The highest BCUT2D eigenvalue weighted by Gasteiger charge is 2.50. The van der Waals surface area contributed by atoms with Crippen LogP contribution in [0.3, 0.4) is 0 Å². The predicted octanol–water partition coefficient (Wildman–Crippen LogP) is 3.48. The van der Waals surface area contributed by atoms with Crippen molar-refractivity contribution in [2.75, 3.05) is 13.3 Å². The molecule has 5 rings (SSSR count). The number of carbonyl (C=O) groups excluding carboxylic acids is 1. The van der Waals surface area contributed by atoms with Gasteiger partial charge in [0.2, 0.25) is 11.5 Å².